The molecule has 1 aromatic rings. The van der Waals surface area contributed by atoms with Gasteiger partial charge in [-0.25, -0.2) is 18.5 Å². The number of aromatic nitrogens is 1. The Morgan fingerprint density at radius 2 is 2.35 bits per heavy atom. The van der Waals surface area contributed by atoms with E-state index in [1.165, 1.54) is 0 Å². The summed E-state index contributed by atoms with van der Waals surface area (Å²) in [5.74, 6) is 0.0129. The number of primary sulfonamides is 1. The number of hydrogen-bond donors (Lipinski definition) is 1. The van der Waals surface area contributed by atoms with Crippen molar-refractivity contribution < 1.29 is 13.2 Å². The Kier molecular flexibility index (Phi) is 4.77. The fourth-order valence-electron chi connectivity index (χ4n) is 2.47. The number of sulfonamides is 1. The molecule has 0 aliphatic carbocycles. The van der Waals surface area contributed by atoms with Gasteiger partial charge in [0.1, 0.15) is 0 Å². The van der Waals surface area contributed by atoms with Gasteiger partial charge >= 0.3 is 0 Å². The Bertz CT molecular complexity index is 583. The van der Waals surface area contributed by atoms with Crippen molar-refractivity contribution in [3.8, 4) is 0 Å². The number of likely N-dealkylation sites (tertiary alicyclic amines) is 1. The van der Waals surface area contributed by atoms with Crippen molar-refractivity contribution in [1.29, 1.82) is 0 Å². The van der Waals surface area contributed by atoms with E-state index in [1.807, 2.05) is 6.92 Å². The summed E-state index contributed by atoms with van der Waals surface area (Å²) < 4.78 is 22.1. The Balaban J connectivity index is 1.81. The largest absolute Gasteiger partial charge is 0.342 e. The Morgan fingerprint density at radius 1 is 1.60 bits per heavy atom. The van der Waals surface area contributed by atoms with Crippen LogP contribution in [0.2, 0.25) is 0 Å². The van der Waals surface area contributed by atoms with Crippen LogP contribution >= 0.6 is 11.3 Å². The van der Waals surface area contributed by atoms with Gasteiger partial charge in [-0.2, -0.15) is 0 Å². The summed E-state index contributed by atoms with van der Waals surface area (Å²) in [5, 5.41) is 5.04. The number of nitrogens with two attached hydrogens (primary N) is 1. The summed E-state index contributed by atoms with van der Waals surface area (Å²) in [4.78, 5) is 19.1. The molecule has 1 aliphatic heterocycles. The van der Waals surface area contributed by atoms with E-state index in [0.717, 1.165) is 10.6 Å². The molecule has 0 unspecified atom stereocenters. The van der Waals surface area contributed by atoms with Gasteiger partial charge in [-0.1, -0.05) is 0 Å². The summed E-state index contributed by atoms with van der Waals surface area (Å²) in [6, 6.07) is 0. The second-order valence-electron chi connectivity index (χ2n) is 5.18. The van der Waals surface area contributed by atoms with E-state index in [0.29, 0.717) is 32.4 Å². The average Bonchev–Trinajstić information content (AvgIpc) is 2.93. The Morgan fingerprint density at radius 3 is 2.95 bits per heavy atom. The van der Waals surface area contributed by atoms with Gasteiger partial charge in [0, 0.05) is 24.4 Å². The molecule has 2 rings (SSSR count). The molecular formula is C12H19N3O3S2. The van der Waals surface area contributed by atoms with Gasteiger partial charge in [0.15, 0.2) is 0 Å². The molecule has 1 fully saturated rings. The first kappa shape index (κ1) is 15.4. The highest BCUT2D eigenvalue weighted by Crippen LogP contribution is 2.20. The zero-order valence-corrected chi connectivity index (χ0v) is 13.0. The molecule has 1 amide bonds. The quantitative estimate of drug-likeness (QED) is 0.857. The number of carbonyl (C=O) groups is 1. The molecule has 0 spiro atoms. The third kappa shape index (κ3) is 4.26. The number of rotatable bonds is 5. The van der Waals surface area contributed by atoms with Crippen LogP contribution in [0, 0.1) is 12.8 Å². The Labute approximate surface area is 123 Å². The lowest BCUT2D eigenvalue weighted by atomic mass is 10.2. The van der Waals surface area contributed by atoms with Gasteiger partial charge in [0.05, 0.1) is 17.0 Å². The van der Waals surface area contributed by atoms with Crippen molar-refractivity contribution in [3.05, 3.63) is 16.1 Å². The summed E-state index contributed by atoms with van der Waals surface area (Å²) in [6.07, 6.45) is 1.86. The standard InChI is InChI=1S/C12H19N3O3S2/c1-9-11(19-8-14-9)2-3-12(16)15-5-4-10(6-15)7-20(13,17)18/h8,10H,2-7H2,1H3,(H2,13,17,18)/t10-/m0/s1. The maximum atomic E-state index is 12.1. The van der Waals surface area contributed by atoms with Gasteiger partial charge in [-0.15, -0.1) is 11.3 Å². The SMILES string of the molecule is Cc1ncsc1CCC(=O)N1CC[C@H](CS(N)(=O)=O)C1. The third-order valence-corrected chi connectivity index (χ3v) is 5.45. The van der Waals surface area contributed by atoms with Crippen LogP contribution in [0.15, 0.2) is 5.51 Å². The number of nitrogens with zero attached hydrogens (tertiary/aromatic N) is 2. The van der Waals surface area contributed by atoms with Crippen LogP contribution in [-0.4, -0.2) is 43.1 Å². The van der Waals surface area contributed by atoms with Crippen LogP contribution < -0.4 is 5.14 Å². The van der Waals surface area contributed by atoms with Crippen molar-refractivity contribution in [3.63, 3.8) is 0 Å². The maximum absolute atomic E-state index is 12.1. The minimum Gasteiger partial charge on any atom is -0.342 e. The van der Waals surface area contributed by atoms with E-state index in [1.54, 1.807) is 21.7 Å². The van der Waals surface area contributed by atoms with Crippen LogP contribution in [0.25, 0.3) is 0 Å². The fourth-order valence-corrected chi connectivity index (χ4v) is 4.18. The molecule has 0 aromatic carbocycles. The molecule has 0 radical (unpaired) electrons. The molecule has 1 atom stereocenters. The van der Waals surface area contributed by atoms with Crippen molar-refractivity contribution >= 4 is 27.3 Å². The van der Waals surface area contributed by atoms with Crippen LogP contribution in [0.3, 0.4) is 0 Å². The molecule has 1 saturated heterocycles. The predicted octanol–water partition coefficient (Wildman–Crippen LogP) is 0.521. The molecular weight excluding hydrogens is 298 g/mol. The van der Waals surface area contributed by atoms with E-state index in [4.69, 9.17) is 5.14 Å². The number of thiazole rings is 1. The van der Waals surface area contributed by atoms with Crippen LogP contribution in [0.4, 0.5) is 0 Å². The van der Waals surface area contributed by atoms with Crippen molar-refractivity contribution in [2.24, 2.45) is 11.1 Å². The third-order valence-electron chi connectivity index (χ3n) is 3.52. The lowest BCUT2D eigenvalue weighted by molar-refractivity contribution is -0.130. The number of carbonyl (C=O) groups excluding carboxylic acids is 1. The molecule has 112 valence electrons. The van der Waals surface area contributed by atoms with Crippen molar-refractivity contribution in [1.82, 2.24) is 9.88 Å². The van der Waals surface area contributed by atoms with E-state index < -0.39 is 10.0 Å². The van der Waals surface area contributed by atoms with E-state index in [2.05, 4.69) is 4.98 Å². The molecule has 8 heteroatoms. The Hall–Kier alpha value is -0.990. The fraction of sp³-hybridized carbons (Fsp3) is 0.667. The number of aryl methyl sites for hydroxylation is 2. The lowest BCUT2D eigenvalue weighted by Crippen LogP contribution is -2.30. The van der Waals surface area contributed by atoms with Gasteiger partial charge < -0.3 is 4.90 Å². The number of amides is 1. The van der Waals surface area contributed by atoms with Gasteiger partial charge in [-0.05, 0) is 25.7 Å². The van der Waals surface area contributed by atoms with Gasteiger partial charge in [-0.3, -0.25) is 4.79 Å². The lowest BCUT2D eigenvalue weighted by Gasteiger charge is -2.16. The van der Waals surface area contributed by atoms with Crippen LogP contribution in [-0.2, 0) is 21.2 Å². The topological polar surface area (TPSA) is 93.4 Å². The van der Waals surface area contributed by atoms with Crippen LogP contribution in [0.1, 0.15) is 23.4 Å². The highest BCUT2D eigenvalue weighted by molar-refractivity contribution is 7.89. The minimum atomic E-state index is -3.45. The predicted molar refractivity (Wildman–Crippen MR) is 77.8 cm³/mol. The molecule has 0 bridgehead atoms. The normalized spacial score (nSPS) is 19.5. The van der Waals surface area contributed by atoms with E-state index >= 15 is 0 Å². The highest BCUT2D eigenvalue weighted by Gasteiger charge is 2.28. The first-order valence-corrected chi connectivity index (χ1v) is 9.12. The van der Waals surface area contributed by atoms with Gasteiger partial charge in [0.2, 0.25) is 15.9 Å². The molecule has 20 heavy (non-hydrogen) atoms. The molecule has 2 heterocycles. The second kappa shape index (κ2) is 6.19. The summed E-state index contributed by atoms with van der Waals surface area (Å²) in [5.41, 5.74) is 2.77. The van der Waals surface area contributed by atoms with E-state index in [-0.39, 0.29) is 17.6 Å². The summed E-state index contributed by atoms with van der Waals surface area (Å²) >= 11 is 1.56. The summed E-state index contributed by atoms with van der Waals surface area (Å²) in [7, 11) is -3.45. The molecule has 1 aliphatic rings. The molecule has 6 nitrogen and oxygen atoms in total. The van der Waals surface area contributed by atoms with Crippen molar-refractivity contribution in [2.75, 3.05) is 18.8 Å². The van der Waals surface area contributed by atoms with Gasteiger partial charge in [0.25, 0.3) is 0 Å². The first-order chi connectivity index (χ1) is 9.35. The molecule has 1 aromatic heterocycles. The second-order valence-corrected chi connectivity index (χ2v) is 7.78. The maximum Gasteiger partial charge on any atom is 0.222 e. The zero-order chi connectivity index (χ0) is 14.8. The first-order valence-electron chi connectivity index (χ1n) is 6.52. The van der Waals surface area contributed by atoms with Crippen molar-refractivity contribution in [2.45, 2.75) is 26.2 Å². The molecule has 2 N–H and O–H groups in total. The number of hydrogen-bond acceptors (Lipinski definition) is 5. The summed E-state index contributed by atoms with van der Waals surface area (Å²) in [6.45, 7) is 3.06. The molecule has 0 saturated carbocycles. The van der Waals surface area contributed by atoms with Crippen LogP contribution in [0.5, 0.6) is 0 Å². The minimum absolute atomic E-state index is 0.0286. The highest BCUT2D eigenvalue weighted by atomic mass is 32.2. The average molecular weight is 317 g/mol. The van der Waals surface area contributed by atoms with E-state index in [9.17, 15) is 13.2 Å². The zero-order valence-electron chi connectivity index (χ0n) is 11.4. The monoisotopic (exact) mass is 317 g/mol. The smallest absolute Gasteiger partial charge is 0.222 e.